The third-order valence-corrected chi connectivity index (χ3v) is 3.11. The summed E-state index contributed by atoms with van der Waals surface area (Å²) in [5.41, 5.74) is 0.923. The minimum absolute atomic E-state index is 0.229. The topological polar surface area (TPSA) is 21.3 Å². The van der Waals surface area contributed by atoms with Crippen LogP contribution in [-0.2, 0) is 4.74 Å². The van der Waals surface area contributed by atoms with Crippen molar-refractivity contribution in [3.63, 3.8) is 0 Å². The highest BCUT2D eigenvalue weighted by Gasteiger charge is 2.14. The highest BCUT2D eigenvalue weighted by atomic mass is 79.9. The van der Waals surface area contributed by atoms with Gasteiger partial charge < -0.3 is 10.1 Å². The maximum Gasteiger partial charge on any atom is 0.124 e. The molecule has 82 valence electrons. The van der Waals surface area contributed by atoms with Crippen molar-refractivity contribution < 1.29 is 9.13 Å². The van der Waals surface area contributed by atoms with E-state index in [2.05, 4.69) is 21.2 Å². The fourth-order valence-corrected chi connectivity index (χ4v) is 2.15. The Hall–Kier alpha value is -0.610. The van der Waals surface area contributed by atoms with Crippen molar-refractivity contribution in [2.75, 3.05) is 18.5 Å². The van der Waals surface area contributed by atoms with Crippen molar-refractivity contribution >= 4 is 21.6 Å². The second-order valence-corrected chi connectivity index (χ2v) is 4.54. The lowest BCUT2D eigenvalue weighted by molar-refractivity contribution is 0.0876. The molecule has 2 nitrogen and oxygen atoms in total. The maximum absolute atomic E-state index is 12.8. The second-order valence-electron chi connectivity index (χ2n) is 3.68. The second kappa shape index (κ2) is 4.94. The van der Waals surface area contributed by atoms with Gasteiger partial charge in [-0.2, -0.15) is 0 Å². The van der Waals surface area contributed by atoms with Crippen LogP contribution in [-0.4, -0.2) is 19.3 Å². The van der Waals surface area contributed by atoms with Crippen molar-refractivity contribution in [3.8, 4) is 0 Å². The van der Waals surface area contributed by atoms with Crippen LogP contribution in [0.1, 0.15) is 12.8 Å². The first-order chi connectivity index (χ1) is 7.25. The predicted octanol–water partition coefficient (Wildman–Crippen LogP) is 3.18. The molecule has 0 saturated carbocycles. The Kier molecular flexibility index (Phi) is 3.59. The van der Waals surface area contributed by atoms with Gasteiger partial charge in [-0.25, -0.2) is 4.39 Å². The van der Waals surface area contributed by atoms with E-state index in [4.69, 9.17) is 4.74 Å². The fourth-order valence-electron chi connectivity index (χ4n) is 1.68. The molecule has 1 unspecified atom stereocenters. The minimum atomic E-state index is -0.229. The van der Waals surface area contributed by atoms with E-state index in [9.17, 15) is 4.39 Å². The summed E-state index contributed by atoms with van der Waals surface area (Å²) in [7, 11) is 0. The molecule has 1 aliphatic heterocycles. The summed E-state index contributed by atoms with van der Waals surface area (Å²) in [6, 6.07) is 5.00. The first kappa shape index (κ1) is 10.9. The molecule has 1 N–H and O–H groups in total. The summed E-state index contributed by atoms with van der Waals surface area (Å²) in [6.45, 7) is 1.58. The van der Waals surface area contributed by atoms with Crippen LogP contribution in [0.3, 0.4) is 0 Å². The van der Waals surface area contributed by atoms with Gasteiger partial charge in [-0.1, -0.05) is 0 Å². The first-order valence-corrected chi connectivity index (χ1v) is 5.84. The third kappa shape index (κ3) is 2.92. The SMILES string of the molecule is Fc1ccc(NC2CCCOC2)c(Br)c1. The lowest BCUT2D eigenvalue weighted by Gasteiger charge is -2.24. The molecule has 4 heteroatoms. The number of hydrogen-bond donors (Lipinski definition) is 1. The van der Waals surface area contributed by atoms with Crippen LogP contribution in [0.5, 0.6) is 0 Å². The zero-order valence-corrected chi connectivity index (χ0v) is 9.89. The van der Waals surface area contributed by atoms with Gasteiger partial charge in [0, 0.05) is 22.8 Å². The van der Waals surface area contributed by atoms with E-state index in [1.807, 2.05) is 0 Å². The standard InChI is InChI=1S/C11H13BrFNO/c12-10-6-8(13)3-4-11(10)14-9-2-1-5-15-7-9/h3-4,6,9,14H,1-2,5,7H2. The molecular formula is C11H13BrFNO. The van der Waals surface area contributed by atoms with Gasteiger partial charge in [0.1, 0.15) is 5.82 Å². The summed E-state index contributed by atoms with van der Waals surface area (Å²) < 4.78 is 19.0. The zero-order valence-electron chi connectivity index (χ0n) is 8.30. The van der Waals surface area contributed by atoms with E-state index >= 15 is 0 Å². The maximum atomic E-state index is 12.8. The zero-order chi connectivity index (χ0) is 10.7. The molecule has 0 amide bonds. The van der Waals surface area contributed by atoms with E-state index in [0.29, 0.717) is 6.04 Å². The molecule has 0 bridgehead atoms. The molecule has 1 aromatic carbocycles. The summed E-state index contributed by atoms with van der Waals surface area (Å²) >= 11 is 3.33. The van der Waals surface area contributed by atoms with Crippen LogP contribution >= 0.6 is 15.9 Å². The molecule has 0 spiro atoms. The monoisotopic (exact) mass is 273 g/mol. The van der Waals surface area contributed by atoms with E-state index in [1.54, 1.807) is 6.07 Å². The Labute approximate surface area is 96.9 Å². The van der Waals surface area contributed by atoms with Gasteiger partial charge in [0.15, 0.2) is 0 Å². The van der Waals surface area contributed by atoms with E-state index in [0.717, 1.165) is 36.2 Å². The van der Waals surface area contributed by atoms with Crippen LogP contribution in [0.15, 0.2) is 22.7 Å². The van der Waals surface area contributed by atoms with E-state index in [-0.39, 0.29) is 5.82 Å². The number of ether oxygens (including phenoxy) is 1. The van der Waals surface area contributed by atoms with Crippen molar-refractivity contribution in [1.29, 1.82) is 0 Å². The average molecular weight is 274 g/mol. The Balaban J connectivity index is 2.03. The largest absolute Gasteiger partial charge is 0.379 e. The number of nitrogens with one attached hydrogen (secondary N) is 1. The van der Waals surface area contributed by atoms with Crippen LogP contribution < -0.4 is 5.32 Å². The number of benzene rings is 1. The van der Waals surface area contributed by atoms with Gasteiger partial charge in [-0.05, 0) is 47.0 Å². The van der Waals surface area contributed by atoms with Gasteiger partial charge in [0.05, 0.1) is 6.61 Å². The summed E-state index contributed by atoms with van der Waals surface area (Å²) in [4.78, 5) is 0. The van der Waals surface area contributed by atoms with Crippen molar-refractivity contribution in [3.05, 3.63) is 28.5 Å². The van der Waals surface area contributed by atoms with E-state index < -0.39 is 0 Å². The Morgan fingerprint density at radius 1 is 1.47 bits per heavy atom. The first-order valence-electron chi connectivity index (χ1n) is 5.05. The van der Waals surface area contributed by atoms with Gasteiger partial charge in [0.2, 0.25) is 0 Å². The van der Waals surface area contributed by atoms with Gasteiger partial charge >= 0.3 is 0 Å². The van der Waals surface area contributed by atoms with Gasteiger partial charge in [0.25, 0.3) is 0 Å². The Bertz CT molecular complexity index is 339. The molecule has 1 saturated heterocycles. The summed E-state index contributed by atoms with van der Waals surface area (Å²) in [5.74, 6) is -0.229. The van der Waals surface area contributed by atoms with Crippen molar-refractivity contribution in [2.45, 2.75) is 18.9 Å². The lowest BCUT2D eigenvalue weighted by atomic mass is 10.1. The summed E-state index contributed by atoms with van der Waals surface area (Å²) in [5, 5.41) is 3.34. The molecule has 1 aromatic rings. The molecule has 15 heavy (non-hydrogen) atoms. The molecule has 1 heterocycles. The minimum Gasteiger partial charge on any atom is -0.379 e. The lowest BCUT2D eigenvalue weighted by Crippen LogP contribution is -2.30. The highest BCUT2D eigenvalue weighted by Crippen LogP contribution is 2.25. The fraction of sp³-hybridized carbons (Fsp3) is 0.455. The van der Waals surface area contributed by atoms with Gasteiger partial charge in [-0.15, -0.1) is 0 Å². The summed E-state index contributed by atoms with van der Waals surface area (Å²) in [6.07, 6.45) is 2.18. The van der Waals surface area contributed by atoms with Crippen LogP contribution in [0.2, 0.25) is 0 Å². The quantitative estimate of drug-likeness (QED) is 0.894. The molecule has 0 aromatic heterocycles. The molecule has 0 aliphatic carbocycles. The highest BCUT2D eigenvalue weighted by molar-refractivity contribution is 9.10. The number of hydrogen-bond acceptors (Lipinski definition) is 2. The average Bonchev–Trinajstić information content (AvgIpc) is 2.24. The van der Waals surface area contributed by atoms with Crippen LogP contribution in [0.4, 0.5) is 10.1 Å². The molecule has 1 atom stereocenters. The molecule has 2 rings (SSSR count). The normalized spacial score (nSPS) is 21.3. The van der Waals surface area contributed by atoms with Gasteiger partial charge in [-0.3, -0.25) is 0 Å². The number of anilines is 1. The Morgan fingerprint density at radius 3 is 3.00 bits per heavy atom. The van der Waals surface area contributed by atoms with Crippen LogP contribution in [0.25, 0.3) is 0 Å². The Morgan fingerprint density at radius 2 is 2.33 bits per heavy atom. The molecular weight excluding hydrogens is 261 g/mol. The molecule has 0 radical (unpaired) electrons. The predicted molar refractivity (Wildman–Crippen MR) is 61.6 cm³/mol. The smallest absolute Gasteiger partial charge is 0.124 e. The molecule has 1 fully saturated rings. The van der Waals surface area contributed by atoms with Crippen molar-refractivity contribution in [1.82, 2.24) is 0 Å². The number of rotatable bonds is 2. The van der Waals surface area contributed by atoms with Crippen molar-refractivity contribution in [2.24, 2.45) is 0 Å². The molecule has 1 aliphatic rings. The van der Waals surface area contributed by atoms with Crippen LogP contribution in [0, 0.1) is 5.82 Å². The third-order valence-electron chi connectivity index (χ3n) is 2.45. The van der Waals surface area contributed by atoms with E-state index in [1.165, 1.54) is 12.1 Å². The number of halogens is 2.